The molecule has 1 aromatic heterocycles. The molecule has 0 bridgehead atoms. The molecule has 3 N–H and O–H groups in total. The van der Waals surface area contributed by atoms with Crippen molar-refractivity contribution in [3.63, 3.8) is 0 Å². The monoisotopic (exact) mass is 318 g/mol. The summed E-state index contributed by atoms with van der Waals surface area (Å²) in [5.41, 5.74) is 2.11. The summed E-state index contributed by atoms with van der Waals surface area (Å²) in [5, 5.41) is 19.8. The van der Waals surface area contributed by atoms with Gasteiger partial charge >= 0.3 is 6.03 Å². The van der Waals surface area contributed by atoms with E-state index in [9.17, 15) is 9.90 Å². The minimum Gasteiger partial charge on any atom is -0.388 e. The summed E-state index contributed by atoms with van der Waals surface area (Å²) in [5.74, 6) is 0.298. The second-order valence-corrected chi connectivity index (χ2v) is 6.09. The first-order valence-electron chi connectivity index (χ1n) is 7.43. The van der Waals surface area contributed by atoms with Crippen molar-refractivity contribution >= 4 is 17.4 Å². The molecule has 2 amide bonds. The Morgan fingerprint density at radius 1 is 1.18 bits per heavy atom. The number of urea groups is 1. The molecule has 0 fully saturated rings. The van der Waals surface area contributed by atoms with Crippen molar-refractivity contribution in [2.75, 3.05) is 13.1 Å². The predicted molar refractivity (Wildman–Crippen MR) is 90.2 cm³/mol. The Hall–Kier alpha value is -1.85. The smallest absolute Gasteiger partial charge is 0.314 e. The normalized spacial score (nSPS) is 13.4. The summed E-state index contributed by atoms with van der Waals surface area (Å²) >= 11 is 1.66. The van der Waals surface area contributed by atoms with Crippen LogP contribution >= 0.6 is 11.3 Å². The van der Waals surface area contributed by atoms with Gasteiger partial charge in [0.05, 0.1) is 6.10 Å². The van der Waals surface area contributed by atoms with Crippen LogP contribution in [0.2, 0.25) is 0 Å². The minimum absolute atomic E-state index is 0.192. The average molecular weight is 318 g/mol. The zero-order chi connectivity index (χ0) is 15.8. The standard InChI is InChI=1S/C17H22N2O2S/c1-13(15-8-10-22-12-15)11-19-17(21)18-9-7-16(20)14-5-3-2-4-6-14/h2-6,8,10,12-13,16,20H,7,9,11H2,1H3,(H2,18,19,21). The lowest BCUT2D eigenvalue weighted by Crippen LogP contribution is -2.38. The number of benzene rings is 1. The Labute approximate surface area is 135 Å². The molecule has 4 nitrogen and oxygen atoms in total. The van der Waals surface area contributed by atoms with Gasteiger partial charge in [0.15, 0.2) is 0 Å². The van der Waals surface area contributed by atoms with Gasteiger partial charge in [-0.1, -0.05) is 37.3 Å². The van der Waals surface area contributed by atoms with Crippen molar-refractivity contribution in [1.82, 2.24) is 10.6 Å². The lowest BCUT2D eigenvalue weighted by Gasteiger charge is -2.14. The van der Waals surface area contributed by atoms with Crippen LogP contribution < -0.4 is 10.6 Å². The first-order chi connectivity index (χ1) is 10.7. The van der Waals surface area contributed by atoms with Crippen LogP contribution in [-0.2, 0) is 0 Å². The molecule has 1 heterocycles. The largest absolute Gasteiger partial charge is 0.388 e. The first-order valence-corrected chi connectivity index (χ1v) is 8.38. The maximum absolute atomic E-state index is 11.7. The van der Waals surface area contributed by atoms with Crippen LogP contribution in [0, 0.1) is 0 Å². The lowest BCUT2D eigenvalue weighted by molar-refractivity contribution is 0.167. The number of thiophene rings is 1. The van der Waals surface area contributed by atoms with Gasteiger partial charge in [0, 0.05) is 13.1 Å². The van der Waals surface area contributed by atoms with Crippen molar-refractivity contribution in [3.8, 4) is 0 Å². The summed E-state index contributed by atoms with van der Waals surface area (Å²) in [7, 11) is 0. The van der Waals surface area contributed by atoms with Crippen LogP contribution in [-0.4, -0.2) is 24.2 Å². The van der Waals surface area contributed by atoms with E-state index in [2.05, 4.69) is 29.0 Å². The fourth-order valence-corrected chi connectivity index (χ4v) is 2.93. The number of carbonyl (C=O) groups excluding carboxylic acids is 1. The molecule has 2 unspecified atom stereocenters. The Kier molecular flexibility index (Phi) is 6.43. The Bertz CT molecular complexity index is 557. The zero-order valence-electron chi connectivity index (χ0n) is 12.7. The minimum atomic E-state index is -0.550. The SMILES string of the molecule is CC(CNC(=O)NCCC(O)c1ccccc1)c1ccsc1. The van der Waals surface area contributed by atoms with Crippen molar-refractivity contribution < 1.29 is 9.90 Å². The van der Waals surface area contributed by atoms with Crippen LogP contribution in [0.1, 0.15) is 36.5 Å². The third-order valence-electron chi connectivity index (χ3n) is 3.57. The van der Waals surface area contributed by atoms with E-state index in [1.807, 2.05) is 35.7 Å². The van der Waals surface area contributed by atoms with Gasteiger partial charge in [-0.2, -0.15) is 11.3 Å². The number of nitrogens with one attached hydrogen (secondary N) is 2. The lowest BCUT2D eigenvalue weighted by atomic mass is 10.1. The van der Waals surface area contributed by atoms with Crippen molar-refractivity contribution in [3.05, 3.63) is 58.3 Å². The van der Waals surface area contributed by atoms with Crippen LogP contribution in [0.5, 0.6) is 0 Å². The van der Waals surface area contributed by atoms with E-state index in [1.54, 1.807) is 11.3 Å². The van der Waals surface area contributed by atoms with E-state index in [1.165, 1.54) is 5.56 Å². The highest BCUT2D eigenvalue weighted by atomic mass is 32.1. The summed E-state index contributed by atoms with van der Waals surface area (Å²) < 4.78 is 0. The fraction of sp³-hybridized carbons (Fsp3) is 0.353. The third-order valence-corrected chi connectivity index (χ3v) is 4.27. The average Bonchev–Trinajstić information content (AvgIpc) is 3.08. The van der Waals surface area contributed by atoms with E-state index >= 15 is 0 Å². The molecule has 0 spiro atoms. The molecule has 1 aromatic carbocycles. The molecule has 0 saturated heterocycles. The van der Waals surface area contributed by atoms with E-state index in [0.29, 0.717) is 25.4 Å². The molecule has 2 atom stereocenters. The summed E-state index contributed by atoms with van der Waals surface area (Å²) in [6.07, 6.45) is -0.0522. The molecule has 2 aromatic rings. The predicted octanol–water partition coefficient (Wildman–Crippen LogP) is 3.27. The summed E-state index contributed by atoms with van der Waals surface area (Å²) in [6, 6.07) is 11.3. The van der Waals surface area contributed by atoms with E-state index < -0.39 is 6.10 Å². The first kappa shape index (κ1) is 16.5. The quantitative estimate of drug-likeness (QED) is 0.734. The van der Waals surface area contributed by atoms with Crippen molar-refractivity contribution in [1.29, 1.82) is 0 Å². The summed E-state index contributed by atoms with van der Waals surface area (Å²) in [6.45, 7) is 3.13. The van der Waals surface area contributed by atoms with Gasteiger partial charge in [-0.05, 0) is 40.3 Å². The summed E-state index contributed by atoms with van der Waals surface area (Å²) in [4.78, 5) is 11.7. The molecule has 0 radical (unpaired) electrons. The number of aliphatic hydroxyl groups is 1. The third kappa shape index (κ3) is 5.16. The number of hydrogen-bond donors (Lipinski definition) is 3. The van der Waals surface area contributed by atoms with Gasteiger partial charge in [-0.25, -0.2) is 4.79 Å². The Morgan fingerprint density at radius 3 is 2.64 bits per heavy atom. The highest BCUT2D eigenvalue weighted by molar-refractivity contribution is 7.07. The van der Waals surface area contributed by atoms with E-state index in [-0.39, 0.29) is 6.03 Å². The number of carbonyl (C=O) groups is 1. The maximum atomic E-state index is 11.7. The van der Waals surface area contributed by atoms with Crippen LogP contribution in [0.3, 0.4) is 0 Å². The fourth-order valence-electron chi connectivity index (χ4n) is 2.15. The molecule has 0 aliphatic carbocycles. The van der Waals surface area contributed by atoms with Crippen molar-refractivity contribution in [2.24, 2.45) is 0 Å². The zero-order valence-corrected chi connectivity index (χ0v) is 13.5. The van der Waals surface area contributed by atoms with Crippen molar-refractivity contribution in [2.45, 2.75) is 25.4 Å². The van der Waals surface area contributed by atoms with Gasteiger partial charge in [-0.15, -0.1) is 0 Å². The van der Waals surface area contributed by atoms with Crippen LogP contribution in [0.25, 0.3) is 0 Å². The number of rotatable bonds is 7. The molecule has 0 aliphatic heterocycles. The number of hydrogen-bond acceptors (Lipinski definition) is 3. The molecule has 5 heteroatoms. The van der Waals surface area contributed by atoms with Crippen LogP contribution in [0.4, 0.5) is 4.79 Å². The molecule has 22 heavy (non-hydrogen) atoms. The van der Waals surface area contributed by atoms with Gasteiger partial charge in [0.25, 0.3) is 0 Å². The van der Waals surface area contributed by atoms with E-state index in [4.69, 9.17) is 0 Å². The molecule has 118 valence electrons. The van der Waals surface area contributed by atoms with Gasteiger partial charge in [0.2, 0.25) is 0 Å². The molecular formula is C17H22N2O2S. The number of amides is 2. The van der Waals surface area contributed by atoms with Gasteiger partial charge < -0.3 is 15.7 Å². The molecule has 2 rings (SSSR count). The highest BCUT2D eigenvalue weighted by Gasteiger charge is 2.09. The van der Waals surface area contributed by atoms with E-state index in [0.717, 1.165) is 5.56 Å². The maximum Gasteiger partial charge on any atom is 0.314 e. The van der Waals surface area contributed by atoms with Gasteiger partial charge in [0.1, 0.15) is 0 Å². The number of aliphatic hydroxyl groups excluding tert-OH is 1. The second kappa shape index (κ2) is 8.56. The Morgan fingerprint density at radius 2 is 1.95 bits per heavy atom. The molecule has 0 aliphatic rings. The molecule has 0 saturated carbocycles. The topological polar surface area (TPSA) is 61.4 Å². The molecular weight excluding hydrogens is 296 g/mol. The second-order valence-electron chi connectivity index (χ2n) is 5.31. The highest BCUT2D eigenvalue weighted by Crippen LogP contribution is 2.17. The Balaban J connectivity index is 1.63. The van der Waals surface area contributed by atoms with Gasteiger partial charge in [-0.3, -0.25) is 0 Å². The van der Waals surface area contributed by atoms with Crippen LogP contribution in [0.15, 0.2) is 47.2 Å².